The van der Waals surface area contributed by atoms with Crippen molar-refractivity contribution >= 4 is 26.8 Å². The lowest BCUT2D eigenvalue weighted by molar-refractivity contribution is 0.968. The summed E-state index contributed by atoms with van der Waals surface area (Å²) in [5.41, 5.74) is 4.00. The zero-order valence-electron chi connectivity index (χ0n) is 9.99. The third-order valence-corrected chi connectivity index (χ3v) is 3.80. The minimum Gasteiger partial charge on any atom is -0.361 e. The third-order valence-electron chi connectivity index (χ3n) is 3.27. The van der Waals surface area contributed by atoms with Gasteiger partial charge in [-0.3, -0.25) is 0 Å². The first kappa shape index (κ1) is 11.5. The normalized spacial score (nSPS) is 10.9. The van der Waals surface area contributed by atoms with Crippen LogP contribution in [-0.2, 0) is 12.8 Å². The Morgan fingerprint density at radius 3 is 2.50 bits per heavy atom. The lowest BCUT2D eigenvalue weighted by atomic mass is 10.0. The monoisotopic (exact) mass is 299 g/mol. The Balaban J connectivity index is 1.79. The van der Waals surface area contributed by atoms with Crippen LogP contribution >= 0.6 is 15.9 Å². The molecule has 3 rings (SSSR count). The molecule has 0 spiro atoms. The maximum Gasteiger partial charge on any atom is 0.0456 e. The summed E-state index contributed by atoms with van der Waals surface area (Å²) in [4.78, 5) is 3.33. The fraction of sp³-hybridized carbons (Fsp3) is 0.125. The Bertz CT molecular complexity index is 652. The number of fused-ring (bicyclic) bond motifs is 1. The van der Waals surface area contributed by atoms with Gasteiger partial charge in [-0.25, -0.2) is 0 Å². The highest BCUT2D eigenvalue weighted by Crippen LogP contribution is 2.20. The highest BCUT2D eigenvalue weighted by Gasteiger charge is 2.03. The topological polar surface area (TPSA) is 15.8 Å². The van der Waals surface area contributed by atoms with Crippen molar-refractivity contribution in [1.82, 2.24) is 4.98 Å². The molecule has 0 unspecified atom stereocenters. The molecule has 1 nitrogen and oxygen atoms in total. The van der Waals surface area contributed by atoms with Gasteiger partial charge in [-0.15, -0.1) is 0 Å². The molecule has 0 saturated heterocycles. The summed E-state index contributed by atoms with van der Waals surface area (Å²) in [5.74, 6) is 0. The van der Waals surface area contributed by atoms with Gasteiger partial charge in [-0.05, 0) is 42.2 Å². The van der Waals surface area contributed by atoms with E-state index in [1.54, 1.807) is 0 Å². The number of para-hydroxylation sites is 1. The Hall–Kier alpha value is -1.54. The molecule has 0 saturated carbocycles. The maximum absolute atomic E-state index is 3.46. The highest BCUT2D eigenvalue weighted by atomic mass is 79.9. The van der Waals surface area contributed by atoms with E-state index < -0.39 is 0 Å². The van der Waals surface area contributed by atoms with Crippen molar-refractivity contribution < 1.29 is 0 Å². The van der Waals surface area contributed by atoms with Crippen LogP contribution in [0.1, 0.15) is 11.1 Å². The molecule has 2 aromatic carbocycles. The summed E-state index contributed by atoms with van der Waals surface area (Å²) >= 11 is 3.46. The van der Waals surface area contributed by atoms with Gasteiger partial charge in [-0.1, -0.05) is 46.3 Å². The molecule has 3 aromatic rings. The molecule has 0 radical (unpaired) electrons. The van der Waals surface area contributed by atoms with Gasteiger partial charge in [0.2, 0.25) is 0 Å². The van der Waals surface area contributed by atoms with Crippen molar-refractivity contribution in [3.63, 3.8) is 0 Å². The Kier molecular flexibility index (Phi) is 3.20. The van der Waals surface area contributed by atoms with Crippen LogP contribution in [0.4, 0.5) is 0 Å². The van der Waals surface area contributed by atoms with E-state index in [1.807, 2.05) is 0 Å². The van der Waals surface area contributed by atoms with E-state index in [-0.39, 0.29) is 0 Å². The number of halogens is 1. The smallest absolute Gasteiger partial charge is 0.0456 e. The molecule has 0 aliphatic carbocycles. The lowest BCUT2D eigenvalue weighted by Crippen LogP contribution is -1.89. The molecular formula is C16H14BrN. The number of hydrogen-bond donors (Lipinski definition) is 1. The van der Waals surface area contributed by atoms with Crippen molar-refractivity contribution in [3.05, 3.63) is 70.3 Å². The summed E-state index contributed by atoms with van der Waals surface area (Å²) < 4.78 is 1.14. The number of aromatic amines is 1. The van der Waals surface area contributed by atoms with Crippen LogP contribution in [0.5, 0.6) is 0 Å². The van der Waals surface area contributed by atoms with E-state index in [4.69, 9.17) is 0 Å². The first-order chi connectivity index (χ1) is 8.83. The standard InChI is InChI=1S/C16H14BrN/c17-14-9-6-12(7-10-14)5-8-13-11-18-16-4-2-1-3-15(13)16/h1-4,6-7,9-11,18H,5,8H2. The fourth-order valence-electron chi connectivity index (χ4n) is 2.27. The number of benzene rings is 2. The SMILES string of the molecule is Brc1ccc(CCc2c[nH]c3ccccc23)cc1. The van der Waals surface area contributed by atoms with E-state index in [1.165, 1.54) is 22.0 Å². The predicted octanol–water partition coefficient (Wildman–Crippen LogP) is 4.72. The molecule has 1 heterocycles. The first-order valence-electron chi connectivity index (χ1n) is 6.12. The highest BCUT2D eigenvalue weighted by molar-refractivity contribution is 9.10. The van der Waals surface area contributed by atoms with Gasteiger partial charge in [0.1, 0.15) is 0 Å². The van der Waals surface area contributed by atoms with Crippen LogP contribution in [0.2, 0.25) is 0 Å². The number of rotatable bonds is 3. The molecular weight excluding hydrogens is 286 g/mol. The van der Waals surface area contributed by atoms with Crippen molar-refractivity contribution in [1.29, 1.82) is 0 Å². The molecule has 18 heavy (non-hydrogen) atoms. The van der Waals surface area contributed by atoms with Crippen LogP contribution < -0.4 is 0 Å². The molecule has 0 atom stereocenters. The quantitative estimate of drug-likeness (QED) is 0.720. The van der Waals surface area contributed by atoms with Crippen LogP contribution in [0.3, 0.4) is 0 Å². The summed E-state index contributed by atoms with van der Waals surface area (Å²) in [6, 6.07) is 17.0. The number of aromatic nitrogens is 1. The van der Waals surface area contributed by atoms with E-state index in [9.17, 15) is 0 Å². The second-order valence-corrected chi connectivity index (χ2v) is 5.40. The second-order valence-electron chi connectivity index (χ2n) is 4.49. The van der Waals surface area contributed by atoms with Crippen LogP contribution in [0.15, 0.2) is 59.2 Å². The zero-order valence-corrected chi connectivity index (χ0v) is 11.6. The summed E-state index contributed by atoms with van der Waals surface area (Å²) in [7, 11) is 0. The van der Waals surface area contributed by atoms with Gasteiger partial charge in [0.25, 0.3) is 0 Å². The average molecular weight is 300 g/mol. The molecule has 90 valence electrons. The van der Waals surface area contributed by atoms with Gasteiger partial charge in [-0.2, -0.15) is 0 Å². The number of hydrogen-bond acceptors (Lipinski definition) is 0. The Morgan fingerprint density at radius 1 is 0.889 bits per heavy atom. The van der Waals surface area contributed by atoms with E-state index in [2.05, 4.69) is 75.6 Å². The van der Waals surface area contributed by atoms with Gasteiger partial charge in [0.15, 0.2) is 0 Å². The minimum atomic E-state index is 1.08. The largest absolute Gasteiger partial charge is 0.361 e. The van der Waals surface area contributed by atoms with Crippen molar-refractivity contribution in [2.45, 2.75) is 12.8 Å². The van der Waals surface area contributed by atoms with E-state index >= 15 is 0 Å². The van der Waals surface area contributed by atoms with Crippen molar-refractivity contribution in [2.24, 2.45) is 0 Å². The van der Waals surface area contributed by atoms with Crippen molar-refractivity contribution in [2.75, 3.05) is 0 Å². The molecule has 1 aromatic heterocycles. The molecule has 1 N–H and O–H groups in total. The number of nitrogens with one attached hydrogen (secondary N) is 1. The third kappa shape index (κ3) is 2.34. The summed E-state index contributed by atoms with van der Waals surface area (Å²) in [5, 5.41) is 1.34. The fourth-order valence-corrected chi connectivity index (χ4v) is 2.53. The first-order valence-corrected chi connectivity index (χ1v) is 6.92. The summed E-state index contributed by atoms with van der Waals surface area (Å²) in [6.45, 7) is 0. The van der Waals surface area contributed by atoms with Crippen LogP contribution in [0, 0.1) is 0 Å². The maximum atomic E-state index is 3.46. The predicted molar refractivity (Wildman–Crippen MR) is 79.8 cm³/mol. The Labute approximate surface area is 115 Å². The number of aryl methyl sites for hydroxylation is 2. The van der Waals surface area contributed by atoms with Gasteiger partial charge < -0.3 is 4.98 Å². The Morgan fingerprint density at radius 2 is 1.67 bits per heavy atom. The zero-order chi connectivity index (χ0) is 12.4. The van der Waals surface area contributed by atoms with E-state index in [0.29, 0.717) is 0 Å². The van der Waals surface area contributed by atoms with Gasteiger partial charge in [0, 0.05) is 21.6 Å². The van der Waals surface area contributed by atoms with Crippen LogP contribution in [0.25, 0.3) is 10.9 Å². The number of H-pyrrole nitrogens is 1. The minimum absolute atomic E-state index is 1.08. The molecule has 0 aliphatic rings. The molecule has 0 fully saturated rings. The van der Waals surface area contributed by atoms with Gasteiger partial charge >= 0.3 is 0 Å². The lowest BCUT2D eigenvalue weighted by Gasteiger charge is -2.01. The molecule has 0 amide bonds. The summed E-state index contributed by atoms with van der Waals surface area (Å²) in [6.07, 6.45) is 4.28. The van der Waals surface area contributed by atoms with Crippen LogP contribution in [-0.4, -0.2) is 4.98 Å². The molecule has 2 heteroatoms. The molecule has 0 bridgehead atoms. The molecule has 0 aliphatic heterocycles. The van der Waals surface area contributed by atoms with Gasteiger partial charge in [0.05, 0.1) is 0 Å². The van der Waals surface area contributed by atoms with Crippen molar-refractivity contribution in [3.8, 4) is 0 Å². The second kappa shape index (κ2) is 4.99. The van der Waals surface area contributed by atoms with E-state index in [0.717, 1.165) is 17.3 Å². The average Bonchev–Trinajstić information content (AvgIpc) is 2.82.